The summed E-state index contributed by atoms with van der Waals surface area (Å²) in [4.78, 5) is 4.75. The van der Waals surface area contributed by atoms with Gasteiger partial charge in [-0.25, -0.2) is 4.98 Å². The number of benzene rings is 2. The van der Waals surface area contributed by atoms with Crippen molar-refractivity contribution in [2.24, 2.45) is 0 Å². The van der Waals surface area contributed by atoms with E-state index in [2.05, 4.69) is 17.5 Å². The van der Waals surface area contributed by atoms with E-state index in [9.17, 15) is 0 Å². The Labute approximate surface area is 150 Å². The summed E-state index contributed by atoms with van der Waals surface area (Å²) >= 11 is 3.51. The molecule has 5 heteroatoms. The number of methoxy groups -OCH3 is 2. The Balaban J connectivity index is 1.62. The number of nitrogens with zero attached hydrogens (tertiary/aromatic N) is 1. The van der Waals surface area contributed by atoms with Crippen LogP contribution in [0.15, 0.2) is 53.9 Å². The monoisotopic (exact) mass is 357 g/mol. The van der Waals surface area contributed by atoms with E-state index >= 15 is 0 Å². The summed E-state index contributed by atoms with van der Waals surface area (Å²) in [5.41, 5.74) is 3.42. The summed E-state index contributed by atoms with van der Waals surface area (Å²) in [7, 11) is 3.39. The normalized spacial score (nSPS) is 10.6. The lowest BCUT2D eigenvalue weighted by atomic mass is 10.2. The molecule has 2 aromatic carbocycles. The van der Waals surface area contributed by atoms with Crippen LogP contribution in [0.2, 0.25) is 0 Å². The van der Waals surface area contributed by atoms with Crippen LogP contribution in [0, 0.1) is 0 Å². The van der Waals surface area contributed by atoms with Crippen molar-refractivity contribution in [1.29, 1.82) is 0 Å². The van der Waals surface area contributed by atoms with Crippen LogP contribution in [0.25, 0.3) is 10.6 Å². The lowest BCUT2D eigenvalue weighted by molar-refractivity contribution is 0.414. The third kappa shape index (κ3) is 4.10. The maximum Gasteiger partial charge on any atom is 0.129 e. The summed E-state index contributed by atoms with van der Waals surface area (Å²) in [6.45, 7) is 0. The Hall–Kier alpha value is -1.98. The molecule has 0 saturated heterocycles. The molecule has 0 bridgehead atoms. The summed E-state index contributed by atoms with van der Waals surface area (Å²) in [5, 5.41) is 3.13. The van der Waals surface area contributed by atoms with Gasteiger partial charge >= 0.3 is 0 Å². The quantitative estimate of drug-likeness (QED) is 0.577. The lowest BCUT2D eigenvalue weighted by Gasteiger charge is -2.05. The Bertz CT molecular complexity index is 801. The third-order valence-electron chi connectivity index (χ3n) is 3.54. The number of hydrogen-bond acceptors (Lipinski definition) is 5. The van der Waals surface area contributed by atoms with Gasteiger partial charge in [0.05, 0.1) is 25.5 Å². The zero-order chi connectivity index (χ0) is 16.8. The molecule has 3 nitrogen and oxygen atoms in total. The van der Waals surface area contributed by atoms with Gasteiger partial charge in [0, 0.05) is 16.9 Å². The van der Waals surface area contributed by atoms with Gasteiger partial charge in [-0.2, -0.15) is 11.8 Å². The van der Waals surface area contributed by atoms with Crippen LogP contribution in [0.1, 0.15) is 11.3 Å². The minimum atomic E-state index is 0.863. The van der Waals surface area contributed by atoms with Crippen LogP contribution in [0.4, 0.5) is 0 Å². The highest BCUT2D eigenvalue weighted by Gasteiger charge is 2.09. The molecule has 0 saturated carbocycles. The fourth-order valence-electron chi connectivity index (χ4n) is 2.35. The van der Waals surface area contributed by atoms with Gasteiger partial charge in [-0.3, -0.25) is 0 Å². The topological polar surface area (TPSA) is 31.4 Å². The molecule has 0 spiro atoms. The fourth-order valence-corrected chi connectivity index (χ4v) is 4.18. The number of thiazole rings is 1. The second-order valence-electron chi connectivity index (χ2n) is 5.19. The maximum atomic E-state index is 5.42. The Kier molecular flexibility index (Phi) is 5.77. The number of thioether (sulfide) groups is 1. The van der Waals surface area contributed by atoms with E-state index in [0.717, 1.165) is 39.3 Å². The Morgan fingerprint density at radius 1 is 1.00 bits per heavy atom. The van der Waals surface area contributed by atoms with Gasteiger partial charge in [-0.05, 0) is 29.8 Å². The molecule has 0 aliphatic carbocycles. The zero-order valence-corrected chi connectivity index (χ0v) is 15.3. The molecule has 1 heterocycles. The van der Waals surface area contributed by atoms with Crippen molar-refractivity contribution in [2.45, 2.75) is 11.5 Å². The van der Waals surface area contributed by atoms with Crippen LogP contribution in [0.3, 0.4) is 0 Å². The van der Waals surface area contributed by atoms with Crippen LogP contribution < -0.4 is 9.47 Å². The number of rotatable bonds is 7. The minimum Gasteiger partial charge on any atom is -0.497 e. The number of aromatic nitrogens is 1. The number of hydrogen-bond donors (Lipinski definition) is 0. The molecule has 124 valence electrons. The first-order valence-corrected chi connectivity index (χ1v) is 9.62. The predicted octanol–water partition coefficient (Wildman–Crippen LogP) is 5.26. The van der Waals surface area contributed by atoms with Crippen molar-refractivity contribution in [3.63, 3.8) is 0 Å². The van der Waals surface area contributed by atoms with Crippen molar-refractivity contribution >= 4 is 23.1 Å². The molecule has 0 aliphatic rings. The standard InChI is InChI=1S/C19H19NO2S2/c1-21-16-7-5-6-14(10-16)11-23-12-15-13-24-19(20-15)17-8-3-4-9-18(17)22-2/h3-10,13H,11-12H2,1-2H3. The molecule has 1 aromatic heterocycles. The van der Waals surface area contributed by atoms with Gasteiger partial charge in [0.2, 0.25) is 0 Å². The van der Waals surface area contributed by atoms with Crippen LogP contribution in [-0.4, -0.2) is 19.2 Å². The van der Waals surface area contributed by atoms with E-state index in [1.54, 1.807) is 25.6 Å². The van der Waals surface area contributed by atoms with Crippen LogP contribution >= 0.6 is 23.1 Å². The van der Waals surface area contributed by atoms with Crippen LogP contribution in [-0.2, 0) is 11.5 Å². The molecule has 3 rings (SSSR count). The Morgan fingerprint density at radius 2 is 1.88 bits per heavy atom. The van der Waals surface area contributed by atoms with Crippen molar-refractivity contribution in [2.75, 3.05) is 14.2 Å². The average Bonchev–Trinajstić information content (AvgIpc) is 3.10. The summed E-state index contributed by atoms with van der Waals surface area (Å²) < 4.78 is 10.7. The first-order chi connectivity index (χ1) is 11.8. The van der Waals surface area contributed by atoms with Gasteiger partial charge in [0.1, 0.15) is 16.5 Å². The van der Waals surface area contributed by atoms with Crippen molar-refractivity contribution < 1.29 is 9.47 Å². The van der Waals surface area contributed by atoms with Gasteiger partial charge in [-0.1, -0.05) is 24.3 Å². The lowest BCUT2D eigenvalue weighted by Crippen LogP contribution is -1.88. The molecule has 0 amide bonds. The summed E-state index contributed by atoms with van der Waals surface area (Å²) in [6.07, 6.45) is 0. The van der Waals surface area contributed by atoms with Gasteiger partial charge in [0.25, 0.3) is 0 Å². The molecule has 0 fully saturated rings. The second-order valence-corrected chi connectivity index (χ2v) is 7.03. The highest BCUT2D eigenvalue weighted by molar-refractivity contribution is 7.97. The summed E-state index contributed by atoms with van der Waals surface area (Å²) in [6, 6.07) is 16.2. The van der Waals surface area contributed by atoms with Gasteiger partial charge in [0.15, 0.2) is 0 Å². The van der Waals surface area contributed by atoms with Crippen molar-refractivity contribution in [3.8, 4) is 22.1 Å². The first-order valence-electron chi connectivity index (χ1n) is 7.58. The van der Waals surface area contributed by atoms with E-state index in [4.69, 9.17) is 14.5 Å². The van der Waals surface area contributed by atoms with E-state index in [0.29, 0.717) is 0 Å². The Morgan fingerprint density at radius 3 is 2.71 bits per heavy atom. The van der Waals surface area contributed by atoms with E-state index < -0.39 is 0 Å². The largest absolute Gasteiger partial charge is 0.497 e. The minimum absolute atomic E-state index is 0.863. The smallest absolute Gasteiger partial charge is 0.129 e. The van der Waals surface area contributed by atoms with Gasteiger partial charge < -0.3 is 9.47 Å². The van der Waals surface area contributed by atoms with Gasteiger partial charge in [-0.15, -0.1) is 11.3 Å². The molecule has 0 radical (unpaired) electrons. The highest BCUT2D eigenvalue weighted by atomic mass is 32.2. The molecule has 24 heavy (non-hydrogen) atoms. The second kappa shape index (κ2) is 8.22. The van der Waals surface area contributed by atoms with Crippen LogP contribution in [0.5, 0.6) is 11.5 Å². The van der Waals surface area contributed by atoms with Crippen molar-refractivity contribution in [1.82, 2.24) is 4.98 Å². The predicted molar refractivity (Wildman–Crippen MR) is 102 cm³/mol. The third-order valence-corrected chi connectivity index (χ3v) is 5.50. The summed E-state index contributed by atoms with van der Waals surface area (Å²) in [5.74, 6) is 3.60. The number of ether oxygens (including phenoxy) is 2. The fraction of sp³-hybridized carbons (Fsp3) is 0.211. The van der Waals surface area contributed by atoms with E-state index in [1.165, 1.54) is 5.56 Å². The number of para-hydroxylation sites is 1. The molecular formula is C19H19NO2S2. The molecule has 0 N–H and O–H groups in total. The average molecular weight is 358 g/mol. The molecule has 0 aliphatic heterocycles. The first kappa shape index (κ1) is 16.9. The SMILES string of the molecule is COc1cccc(CSCc2csc(-c3ccccc3OC)n2)c1. The van der Waals surface area contributed by atoms with E-state index in [1.807, 2.05) is 48.2 Å². The highest BCUT2D eigenvalue weighted by Crippen LogP contribution is 2.32. The molecule has 0 unspecified atom stereocenters. The molecular weight excluding hydrogens is 338 g/mol. The molecule has 0 atom stereocenters. The molecule has 3 aromatic rings. The zero-order valence-electron chi connectivity index (χ0n) is 13.7. The van der Waals surface area contributed by atoms with E-state index in [-0.39, 0.29) is 0 Å². The van der Waals surface area contributed by atoms with Crippen molar-refractivity contribution in [3.05, 3.63) is 65.2 Å². The maximum absolute atomic E-state index is 5.42.